The van der Waals surface area contributed by atoms with E-state index in [1.54, 1.807) is 17.1 Å². The van der Waals surface area contributed by atoms with E-state index >= 15 is 0 Å². The van der Waals surface area contributed by atoms with Crippen molar-refractivity contribution >= 4 is 5.82 Å². The third-order valence-corrected chi connectivity index (χ3v) is 1.54. The molecule has 0 aromatic carbocycles. The standard InChI is InChI=1S/C9H12N4/c1-7-8(6-10)4-5-9(11-7)12-13(2)3/h4-5H,1-3H3,(H,11,12). The molecule has 0 radical (unpaired) electrons. The van der Waals surface area contributed by atoms with Crippen LogP contribution in [0.15, 0.2) is 12.1 Å². The fourth-order valence-electron chi connectivity index (χ4n) is 0.971. The third-order valence-electron chi connectivity index (χ3n) is 1.54. The molecule has 1 aromatic heterocycles. The molecule has 0 aliphatic rings. The summed E-state index contributed by atoms with van der Waals surface area (Å²) in [5, 5.41) is 10.5. The highest BCUT2D eigenvalue weighted by Crippen LogP contribution is 2.09. The summed E-state index contributed by atoms with van der Waals surface area (Å²) in [6.45, 7) is 1.82. The topological polar surface area (TPSA) is 52.0 Å². The van der Waals surface area contributed by atoms with E-state index < -0.39 is 0 Å². The Hall–Kier alpha value is -1.60. The monoisotopic (exact) mass is 176 g/mol. The molecule has 4 heteroatoms. The average Bonchev–Trinajstić information content (AvgIpc) is 2.03. The Morgan fingerprint density at radius 1 is 1.46 bits per heavy atom. The number of aromatic nitrogens is 1. The van der Waals surface area contributed by atoms with Crippen molar-refractivity contribution in [3.8, 4) is 6.07 Å². The van der Waals surface area contributed by atoms with Crippen LogP contribution in [0, 0.1) is 18.3 Å². The Labute approximate surface area is 77.8 Å². The Balaban J connectivity index is 2.91. The Morgan fingerprint density at radius 2 is 2.15 bits per heavy atom. The van der Waals surface area contributed by atoms with Gasteiger partial charge in [0.25, 0.3) is 0 Å². The maximum atomic E-state index is 8.67. The van der Waals surface area contributed by atoms with Crippen LogP contribution in [0.25, 0.3) is 0 Å². The number of anilines is 1. The second-order valence-electron chi connectivity index (χ2n) is 2.95. The molecular weight excluding hydrogens is 164 g/mol. The Kier molecular flexibility index (Phi) is 2.83. The predicted octanol–water partition coefficient (Wildman–Crippen LogP) is 1.15. The SMILES string of the molecule is Cc1nc(NN(C)C)ccc1C#N. The number of pyridine rings is 1. The average molecular weight is 176 g/mol. The highest BCUT2D eigenvalue weighted by atomic mass is 15.5. The first-order valence-electron chi connectivity index (χ1n) is 3.95. The predicted molar refractivity (Wildman–Crippen MR) is 51.0 cm³/mol. The molecular formula is C9H12N4. The van der Waals surface area contributed by atoms with Gasteiger partial charge in [0.1, 0.15) is 11.9 Å². The lowest BCUT2D eigenvalue weighted by molar-refractivity contribution is 0.492. The molecule has 13 heavy (non-hydrogen) atoms. The van der Waals surface area contributed by atoms with Gasteiger partial charge in [-0.15, -0.1) is 0 Å². The molecule has 1 aromatic rings. The van der Waals surface area contributed by atoms with Crippen LogP contribution in [0.4, 0.5) is 5.82 Å². The van der Waals surface area contributed by atoms with Gasteiger partial charge in [0.15, 0.2) is 0 Å². The second-order valence-corrected chi connectivity index (χ2v) is 2.95. The summed E-state index contributed by atoms with van der Waals surface area (Å²) in [6.07, 6.45) is 0. The van der Waals surface area contributed by atoms with E-state index in [2.05, 4.69) is 16.5 Å². The van der Waals surface area contributed by atoms with Gasteiger partial charge in [-0.3, -0.25) is 0 Å². The highest BCUT2D eigenvalue weighted by molar-refractivity contribution is 5.42. The minimum Gasteiger partial charge on any atom is -0.304 e. The van der Waals surface area contributed by atoms with Gasteiger partial charge in [0, 0.05) is 14.1 Å². The van der Waals surface area contributed by atoms with E-state index in [1.165, 1.54) is 0 Å². The number of hydrogen-bond donors (Lipinski definition) is 1. The smallest absolute Gasteiger partial charge is 0.140 e. The summed E-state index contributed by atoms with van der Waals surface area (Å²) >= 11 is 0. The minimum absolute atomic E-state index is 0.615. The molecule has 0 atom stereocenters. The van der Waals surface area contributed by atoms with Gasteiger partial charge in [0.2, 0.25) is 0 Å². The molecule has 0 saturated heterocycles. The summed E-state index contributed by atoms with van der Waals surface area (Å²) in [5.41, 5.74) is 4.37. The van der Waals surface area contributed by atoms with Crippen LogP contribution in [-0.2, 0) is 0 Å². The van der Waals surface area contributed by atoms with Crippen molar-refractivity contribution in [1.29, 1.82) is 5.26 Å². The molecule has 0 spiro atoms. The first kappa shape index (κ1) is 9.49. The van der Waals surface area contributed by atoms with Gasteiger partial charge in [-0.1, -0.05) is 0 Å². The number of nitrogens with one attached hydrogen (secondary N) is 1. The molecule has 1 heterocycles. The zero-order valence-electron chi connectivity index (χ0n) is 8.00. The second kappa shape index (κ2) is 3.87. The lowest BCUT2D eigenvalue weighted by Crippen LogP contribution is -2.20. The summed E-state index contributed by atoms with van der Waals surface area (Å²) in [7, 11) is 3.77. The highest BCUT2D eigenvalue weighted by Gasteiger charge is 2.00. The maximum absolute atomic E-state index is 8.67. The summed E-state index contributed by atoms with van der Waals surface area (Å²) in [4.78, 5) is 4.21. The number of aryl methyl sites for hydroxylation is 1. The Bertz CT molecular complexity index is 338. The molecule has 0 bridgehead atoms. The van der Waals surface area contributed by atoms with Crippen molar-refractivity contribution in [1.82, 2.24) is 9.99 Å². The minimum atomic E-state index is 0.615. The van der Waals surface area contributed by atoms with Gasteiger partial charge < -0.3 is 5.43 Å². The summed E-state index contributed by atoms with van der Waals surface area (Å²) < 4.78 is 0. The van der Waals surface area contributed by atoms with Gasteiger partial charge >= 0.3 is 0 Å². The van der Waals surface area contributed by atoms with Crippen LogP contribution in [0.1, 0.15) is 11.3 Å². The van der Waals surface area contributed by atoms with Crippen molar-refractivity contribution < 1.29 is 0 Å². The third kappa shape index (κ3) is 2.42. The molecule has 0 fully saturated rings. The van der Waals surface area contributed by atoms with E-state index in [0.717, 1.165) is 11.5 Å². The lowest BCUT2D eigenvalue weighted by atomic mass is 10.2. The van der Waals surface area contributed by atoms with Gasteiger partial charge in [-0.25, -0.2) is 9.99 Å². The zero-order valence-corrected chi connectivity index (χ0v) is 8.00. The van der Waals surface area contributed by atoms with Crippen LogP contribution in [0.2, 0.25) is 0 Å². The largest absolute Gasteiger partial charge is 0.304 e. The normalized spacial score (nSPS) is 9.77. The number of rotatable bonds is 2. The molecule has 0 aliphatic heterocycles. The first-order valence-corrected chi connectivity index (χ1v) is 3.95. The van der Waals surface area contributed by atoms with Crippen molar-refractivity contribution in [3.63, 3.8) is 0 Å². The molecule has 4 nitrogen and oxygen atoms in total. The van der Waals surface area contributed by atoms with Crippen LogP contribution >= 0.6 is 0 Å². The molecule has 1 N–H and O–H groups in total. The fraction of sp³-hybridized carbons (Fsp3) is 0.333. The van der Waals surface area contributed by atoms with Crippen LogP contribution in [-0.4, -0.2) is 24.1 Å². The van der Waals surface area contributed by atoms with Crippen molar-refractivity contribution in [3.05, 3.63) is 23.4 Å². The zero-order chi connectivity index (χ0) is 9.84. The van der Waals surface area contributed by atoms with E-state index in [0.29, 0.717) is 5.56 Å². The number of nitrogens with zero attached hydrogens (tertiary/aromatic N) is 3. The molecule has 0 amide bonds. The number of hydrogen-bond acceptors (Lipinski definition) is 4. The van der Waals surface area contributed by atoms with Crippen LogP contribution in [0.5, 0.6) is 0 Å². The van der Waals surface area contributed by atoms with Crippen molar-refractivity contribution in [2.24, 2.45) is 0 Å². The van der Waals surface area contributed by atoms with Crippen LogP contribution in [0.3, 0.4) is 0 Å². The van der Waals surface area contributed by atoms with Gasteiger partial charge in [-0.2, -0.15) is 5.26 Å². The maximum Gasteiger partial charge on any atom is 0.140 e. The fourth-order valence-corrected chi connectivity index (χ4v) is 0.971. The lowest BCUT2D eigenvalue weighted by Gasteiger charge is -2.12. The quantitative estimate of drug-likeness (QED) is 0.687. The van der Waals surface area contributed by atoms with Gasteiger partial charge in [-0.05, 0) is 19.1 Å². The molecule has 68 valence electrons. The molecule has 0 unspecified atom stereocenters. The van der Waals surface area contributed by atoms with Crippen LogP contribution < -0.4 is 5.43 Å². The molecule has 1 rings (SSSR count). The molecule has 0 aliphatic carbocycles. The van der Waals surface area contributed by atoms with Gasteiger partial charge in [0.05, 0.1) is 11.3 Å². The summed E-state index contributed by atoms with van der Waals surface area (Å²) in [5.74, 6) is 0.751. The first-order chi connectivity index (χ1) is 6.13. The van der Waals surface area contributed by atoms with Crippen molar-refractivity contribution in [2.45, 2.75) is 6.92 Å². The van der Waals surface area contributed by atoms with E-state index in [4.69, 9.17) is 5.26 Å². The summed E-state index contributed by atoms with van der Waals surface area (Å²) in [6, 6.07) is 5.61. The number of nitriles is 1. The Morgan fingerprint density at radius 3 is 2.62 bits per heavy atom. The van der Waals surface area contributed by atoms with E-state index in [9.17, 15) is 0 Å². The van der Waals surface area contributed by atoms with E-state index in [-0.39, 0.29) is 0 Å². The number of hydrazine groups is 1. The van der Waals surface area contributed by atoms with E-state index in [1.807, 2.05) is 21.0 Å². The molecule has 0 saturated carbocycles. The van der Waals surface area contributed by atoms with Crippen molar-refractivity contribution in [2.75, 3.05) is 19.5 Å².